The van der Waals surface area contributed by atoms with E-state index in [-0.39, 0.29) is 11.8 Å². The molecule has 1 unspecified atom stereocenters. The fourth-order valence-corrected chi connectivity index (χ4v) is 2.53. The van der Waals surface area contributed by atoms with Crippen LogP contribution in [0.1, 0.15) is 18.9 Å². The lowest BCUT2D eigenvalue weighted by atomic mass is 10.0. The second kappa shape index (κ2) is 6.06. The van der Waals surface area contributed by atoms with Crippen molar-refractivity contribution in [2.24, 2.45) is 5.92 Å². The van der Waals surface area contributed by atoms with Gasteiger partial charge in [0.15, 0.2) is 0 Å². The molecule has 0 spiro atoms. The van der Waals surface area contributed by atoms with E-state index in [1.54, 1.807) is 0 Å². The number of nitrogens with zero attached hydrogens (tertiary/aromatic N) is 1. The highest BCUT2D eigenvalue weighted by molar-refractivity contribution is 5.92. The minimum absolute atomic E-state index is 0.0243. The van der Waals surface area contributed by atoms with E-state index < -0.39 is 0 Å². The van der Waals surface area contributed by atoms with Crippen LogP contribution in [0.3, 0.4) is 0 Å². The van der Waals surface area contributed by atoms with Gasteiger partial charge in [-0.05, 0) is 43.7 Å². The van der Waals surface area contributed by atoms with Crippen LogP contribution < -0.4 is 15.5 Å². The lowest BCUT2D eigenvalue weighted by molar-refractivity contribution is -0.119. The van der Waals surface area contributed by atoms with Gasteiger partial charge in [-0.3, -0.25) is 4.79 Å². The van der Waals surface area contributed by atoms with Gasteiger partial charge in [-0.1, -0.05) is 6.92 Å². The first-order valence-electron chi connectivity index (χ1n) is 6.91. The summed E-state index contributed by atoms with van der Waals surface area (Å²) >= 11 is 0. The summed E-state index contributed by atoms with van der Waals surface area (Å²) in [6, 6.07) is 6.20. The molecule has 0 fully saturated rings. The van der Waals surface area contributed by atoms with Crippen LogP contribution in [0.15, 0.2) is 18.2 Å². The maximum absolute atomic E-state index is 12.0. The highest BCUT2D eigenvalue weighted by Gasteiger charge is 2.16. The molecule has 4 nitrogen and oxygen atoms in total. The fraction of sp³-hybridized carbons (Fsp3) is 0.533. The first kappa shape index (κ1) is 13.9. The summed E-state index contributed by atoms with van der Waals surface area (Å²) in [7, 11) is 3.98. The summed E-state index contributed by atoms with van der Waals surface area (Å²) in [5.74, 6) is 0.0437. The minimum Gasteiger partial charge on any atom is -0.374 e. The van der Waals surface area contributed by atoms with Gasteiger partial charge in [0.05, 0.1) is 0 Å². The molecule has 0 aromatic heterocycles. The van der Waals surface area contributed by atoms with E-state index in [4.69, 9.17) is 0 Å². The predicted molar refractivity (Wildman–Crippen MR) is 79.8 cm³/mol. The third-order valence-electron chi connectivity index (χ3n) is 3.66. The van der Waals surface area contributed by atoms with E-state index in [0.29, 0.717) is 6.54 Å². The second-order valence-corrected chi connectivity index (χ2v) is 5.32. The van der Waals surface area contributed by atoms with Gasteiger partial charge in [-0.25, -0.2) is 0 Å². The normalized spacial score (nSPS) is 15.8. The number of hydrogen-bond donors (Lipinski definition) is 2. The monoisotopic (exact) mass is 261 g/mol. The van der Waals surface area contributed by atoms with Crippen LogP contribution in [-0.4, -0.2) is 33.1 Å². The Balaban J connectivity index is 2.08. The van der Waals surface area contributed by atoms with Crippen molar-refractivity contribution in [3.05, 3.63) is 23.8 Å². The average Bonchev–Trinajstić information content (AvgIpc) is 2.39. The SMILES string of the molecule is CNCC(C)C(=O)Nc1ccc2c(c1)CCCN2C. The summed E-state index contributed by atoms with van der Waals surface area (Å²) in [6.45, 7) is 3.73. The Hall–Kier alpha value is -1.55. The van der Waals surface area contributed by atoms with Crippen molar-refractivity contribution in [3.8, 4) is 0 Å². The molecule has 0 aliphatic carbocycles. The number of benzene rings is 1. The number of aryl methyl sites for hydroxylation is 1. The summed E-state index contributed by atoms with van der Waals surface area (Å²) in [6.07, 6.45) is 2.27. The smallest absolute Gasteiger partial charge is 0.228 e. The largest absolute Gasteiger partial charge is 0.374 e. The van der Waals surface area contributed by atoms with E-state index in [9.17, 15) is 4.79 Å². The summed E-state index contributed by atoms with van der Waals surface area (Å²) in [5.41, 5.74) is 3.52. The zero-order valence-corrected chi connectivity index (χ0v) is 12.0. The molecule has 1 atom stereocenters. The number of fused-ring (bicyclic) bond motifs is 1. The van der Waals surface area contributed by atoms with Gasteiger partial charge in [0, 0.05) is 37.4 Å². The Kier molecular flexibility index (Phi) is 4.43. The number of rotatable bonds is 4. The Morgan fingerprint density at radius 1 is 1.47 bits per heavy atom. The van der Waals surface area contributed by atoms with Gasteiger partial charge in [-0.15, -0.1) is 0 Å². The minimum atomic E-state index is -0.0243. The van der Waals surface area contributed by atoms with Crippen LogP contribution in [0, 0.1) is 5.92 Å². The second-order valence-electron chi connectivity index (χ2n) is 5.32. The summed E-state index contributed by atoms with van der Waals surface area (Å²) in [4.78, 5) is 14.2. The van der Waals surface area contributed by atoms with Crippen LogP contribution in [0.2, 0.25) is 0 Å². The van der Waals surface area contributed by atoms with Crippen LogP contribution in [-0.2, 0) is 11.2 Å². The molecular weight excluding hydrogens is 238 g/mol. The van der Waals surface area contributed by atoms with Crippen molar-refractivity contribution in [2.45, 2.75) is 19.8 Å². The third kappa shape index (κ3) is 3.26. The van der Waals surface area contributed by atoms with Crippen molar-refractivity contribution in [1.82, 2.24) is 5.32 Å². The molecule has 0 saturated carbocycles. The molecule has 104 valence electrons. The molecule has 0 radical (unpaired) electrons. The molecule has 2 rings (SSSR count). The molecule has 1 aromatic rings. The van der Waals surface area contributed by atoms with Crippen molar-refractivity contribution in [3.63, 3.8) is 0 Å². The Bertz CT molecular complexity index is 459. The van der Waals surface area contributed by atoms with E-state index in [1.165, 1.54) is 17.7 Å². The average molecular weight is 261 g/mol. The van der Waals surface area contributed by atoms with E-state index in [0.717, 1.165) is 18.7 Å². The van der Waals surface area contributed by atoms with Gasteiger partial charge < -0.3 is 15.5 Å². The maximum atomic E-state index is 12.0. The standard InChI is InChI=1S/C15H23N3O/c1-11(10-16-2)15(19)17-13-6-7-14-12(9-13)5-4-8-18(14)3/h6-7,9,11,16H,4-5,8,10H2,1-3H3,(H,17,19). The van der Waals surface area contributed by atoms with Crippen LogP contribution in [0.25, 0.3) is 0 Å². The van der Waals surface area contributed by atoms with Gasteiger partial charge in [0.1, 0.15) is 0 Å². The molecule has 19 heavy (non-hydrogen) atoms. The number of carbonyl (C=O) groups excluding carboxylic acids is 1. The van der Waals surface area contributed by atoms with Crippen LogP contribution in [0.4, 0.5) is 11.4 Å². The first-order chi connectivity index (χ1) is 9.11. The first-order valence-corrected chi connectivity index (χ1v) is 6.91. The molecule has 1 aliphatic rings. The van der Waals surface area contributed by atoms with Gasteiger partial charge >= 0.3 is 0 Å². The highest BCUT2D eigenvalue weighted by atomic mass is 16.1. The molecule has 2 N–H and O–H groups in total. The predicted octanol–water partition coefficient (Wildman–Crippen LogP) is 1.86. The van der Waals surface area contributed by atoms with Crippen molar-refractivity contribution >= 4 is 17.3 Å². The van der Waals surface area contributed by atoms with Crippen LogP contribution >= 0.6 is 0 Å². The molecule has 1 heterocycles. The molecular formula is C15H23N3O. The quantitative estimate of drug-likeness (QED) is 0.869. The summed E-state index contributed by atoms with van der Waals surface area (Å²) in [5, 5.41) is 6.02. The Morgan fingerprint density at radius 3 is 3.00 bits per heavy atom. The van der Waals surface area contributed by atoms with Gasteiger partial charge in [-0.2, -0.15) is 0 Å². The topological polar surface area (TPSA) is 44.4 Å². The third-order valence-corrected chi connectivity index (χ3v) is 3.66. The molecule has 0 saturated heterocycles. The molecule has 4 heteroatoms. The highest BCUT2D eigenvalue weighted by Crippen LogP contribution is 2.28. The molecule has 1 aromatic carbocycles. The van der Waals surface area contributed by atoms with Crippen molar-refractivity contribution < 1.29 is 4.79 Å². The van der Waals surface area contributed by atoms with E-state index in [2.05, 4.69) is 34.7 Å². The number of hydrogen-bond acceptors (Lipinski definition) is 3. The zero-order valence-electron chi connectivity index (χ0n) is 12.0. The number of amides is 1. The maximum Gasteiger partial charge on any atom is 0.228 e. The lowest BCUT2D eigenvalue weighted by Gasteiger charge is -2.28. The molecule has 0 bridgehead atoms. The molecule has 1 aliphatic heterocycles. The van der Waals surface area contributed by atoms with E-state index >= 15 is 0 Å². The van der Waals surface area contributed by atoms with Crippen molar-refractivity contribution in [1.29, 1.82) is 0 Å². The lowest BCUT2D eigenvalue weighted by Crippen LogP contribution is -2.29. The van der Waals surface area contributed by atoms with Crippen LogP contribution in [0.5, 0.6) is 0 Å². The van der Waals surface area contributed by atoms with E-state index in [1.807, 2.05) is 20.0 Å². The Labute approximate surface area is 115 Å². The Morgan fingerprint density at radius 2 is 2.26 bits per heavy atom. The summed E-state index contributed by atoms with van der Waals surface area (Å²) < 4.78 is 0. The number of anilines is 2. The zero-order chi connectivity index (χ0) is 13.8. The van der Waals surface area contributed by atoms with Crippen molar-refractivity contribution in [2.75, 3.05) is 37.4 Å². The van der Waals surface area contributed by atoms with Gasteiger partial charge in [0.25, 0.3) is 0 Å². The fourth-order valence-electron chi connectivity index (χ4n) is 2.53. The number of carbonyl (C=O) groups is 1. The number of nitrogens with one attached hydrogen (secondary N) is 2. The molecule has 1 amide bonds. The van der Waals surface area contributed by atoms with Gasteiger partial charge in [0.2, 0.25) is 5.91 Å².